The highest BCUT2D eigenvalue weighted by atomic mass is 16.2. The molecule has 3 aromatic rings. The van der Waals surface area contributed by atoms with Gasteiger partial charge < -0.3 is 10.6 Å². The zero-order chi connectivity index (χ0) is 19.7. The molecule has 1 aliphatic rings. The van der Waals surface area contributed by atoms with Crippen molar-refractivity contribution in [3.8, 4) is 0 Å². The molecule has 4 rings (SSSR count). The number of fused-ring (bicyclic) bond motifs is 1. The summed E-state index contributed by atoms with van der Waals surface area (Å²) in [6.45, 7) is 3.03. The number of hydrogen-bond donors (Lipinski definition) is 1. The van der Waals surface area contributed by atoms with Crippen LogP contribution in [0.4, 0.5) is 0 Å². The van der Waals surface area contributed by atoms with E-state index < -0.39 is 5.91 Å². The Morgan fingerprint density at radius 3 is 2.75 bits per heavy atom. The number of nitrogens with two attached hydrogens (primary N) is 1. The molecule has 1 atom stereocenters. The molecular formula is C22H22N4O2. The lowest BCUT2D eigenvalue weighted by Crippen LogP contribution is -2.40. The van der Waals surface area contributed by atoms with Gasteiger partial charge in [-0.2, -0.15) is 0 Å². The van der Waals surface area contributed by atoms with E-state index in [4.69, 9.17) is 10.7 Å². The molecule has 6 nitrogen and oxygen atoms in total. The molecule has 2 amide bonds. The van der Waals surface area contributed by atoms with Gasteiger partial charge in [0.1, 0.15) is 0 Å². The van der Waals surface area contributed by atoms with Gasteiger partial charge in [-0.3, -0.25) is 19.6 Å². The van der Waals surface area contributed by atoms with Crippen LogP contribution in [-0.2, 0) is 0 Å². The first-order valence-corrected chi connectivity index (χ1v) is 9.45. The molecular weight excluding hydrogens is 352 g/mol. The fourth-order valence-electron chi connectivity index (χ4n) is 3.90. The van der Waals surface area contributed by atoms with Gasteiger partial charge in [0.2, 0.25) is 0 Å². The topological polar surface area (TPSA) is 89.2 Å². The Labute approximate surface area is 163 Å². The number of benzene rings is 1. The number of rotatable bonds is 3. The molecule has 0 bridgehead atoms. The Kier molecular flexibility index (Phi) is 4.77. The second-order valence-electron chi connectivity index (χ2n) is 7.20. The van der Waals surface area contributed by atoms with E-state index in [1.54, 1.807) is 18.3 Å². The molecule has 2 aromatic heterocycles. The number of aromatic nitrogens is 2. The van der Waals surface area contributed by atoms with Crippen molar-refractivity contribution in [1.29, 1.82) is 0 Å². The van der Waals surface area contributed by atoms with E-state index in [1.165, 1.54) is 0 Å². The number of pyridine rings is 2. The molecule has 1 aliphatic heterocycles. The molecule has 0 spiro atoms. The molecule has 1 saturated heterocycles. The summed E-state index contributed by atoms with van der Waals surface area (Å²) >= 11 is 0. The monoisotopic (exact) mass is 374 g/mol. The third-order valence-corrected chi connectivity index (χ3v) is 5.35. The van der Waals surface area contributed by atoms with Crippen LogP contribution in [0.5, 0.6) is 0 Å². The lowest BCUT2D eigenvalue weighted by Gasteiger charge is -2.33. The minimum atomic E-state index is -0.486. The maximum absolute atomic E-state index is 13.0. The van der Waals surface area contributed by atoms with Gasteiger partial charge in [0.15, 0.2) is 0 Å². The molecule has 0 unspecified atom stereocenters. The van der Waals surface area contributed by atoms with Crippen LogP contribution in [0.25, 0.3) is 10.9 Å². The van der Waals surface area contributed by atoms with Crippen molar-refractivity contribution in [3.63, 3.8) is 0 Å². The van der Waals surface area contributed by atoms with Crippen LogP contribution in [0.2, 0.25) is 0 Å². The van der Waals surface area contributed by atoms with Crippen molar-refractivity contribution in [2.45, 2.75) is 25.7 Å². The van der Waals surface area contributed by atoms with Gasteiger partial charge in [-0.05, 0) is 44.0 Å². The lowest BCUT2D eigenvalue weighted by atomic mass is 9.90. The predicted octanol–water partition coefficient (Wildman–Crippen LogP) is 3.06. The molecule has 0 aliphatic carbocycles. The number of likely N-dealkylation sites (tertiary alicyclic amines) is 1. The summed E-state index contributed by atoms with van der Waals surface area (Å²) in [5, 5.41) is 0.884. The maximum atomic E-state index is 13.0. The molecule has 6 heteroatoms. The third kappa shape index (κ3) is 3.33. The number of para-hydroxylation sites is 1. The van der Waals surface area contributed by atoms with Crippen LogP contribution in [0.1, 0.15) is 50.9 Å². The fraction of sp³-hybridized carbons (Fsp3) is 0.273. The van der Waals surface area contributed by atoms with Gasteiger partial charge in [0.25, 0.3) is 11.8 Å². The normalized spacial score (nSPS) is 16.9. The Bertz CT molecular complexity index is 1060. The zero-order valence-electron chi connectivity index (χ0n) is 15.8. The lowest BCUT2D eigenvalue weighted by molar-refractivity contribution is 0.0704. The predicted molar refractivity (Wildman–Crippen MR) is 107 cm³/mol. The van der Waals surface area contributed by atoms with Gasteiger partial charge in [-0.15, -0.1) is 0 Å². The molecule has 1 fully saturated rings. The zero-order valence-corrected chi connectivity index (χ0v) is 15.8. The van der Waals surface area contributed by atoms with Gasteiger partial charge in [0, 0.05) is 36.3 Å². The summed E-state index contributed by atoms with van der Waals surface area (Å²) in [5.74, 6) is -0.543. The third-order valence-electron chi connectivity index (χ3n) is 5.35. The summed E-state index contributed by atoms with van der Waals surface area (Å²) in [4.78, 5) is 35.9. The van der Waals surface area contributed by atoms with E-state index in [1.807, 2.05) is 42.2 Å². The van der Waals surface area contributed by atoms with E-state index in [9.17, 15) is 9.59 Å². The average molecular weight is 374 g/mol. The number of carbonyl (C=O) groups is 2. The van der Waals surface area contributed by atoms with E-state index in [0.717, 1.165) is 29.4 Å². The summed E-state index contributed by atoms with van der Waals surface area (Å²) in [5.41, 5.74) is 8.94. The fourth-order valence-corrected chi connectivity index (χ4v) is 3.90. The Hall–Kier alpha value is -3.28. The number of hydrogen-bond acceptors (Lipinski definition) is 4. The number of amides is 2. The van der Waals surface area contributed by atoms with Crippen LogP contribution in [-0.4, -0.2) is 39.8 Å². The highest BCUT2D eigenvalue weighted by molar-refractivity contribution is 5.98. The smallest absolute Gasteiger partial charge is 0.255 e. The summed E-state index contributed by atoms with van der Waals surface area (Å²) in [6, 6.07) is 13.1. The minimum absolute atomic E-state index is 0.0261. The minimum Gasteiger partial charge on any atom is -0.366 e. The molecule has 142 valence electrons. The summed E-state index contributed by atoms with van der Waals surface area (Å²) in [7, 11) is 0. The molecule has 28 heavy (non-hydrogen) atoms. The van der Waals surface area contributed by atoms with Crippen LogP contribution in [0.15, 0.2) is 48.7 Å². The van der Waals surface area contributed by atoms with Crippen LogP contribution >= 0.6 is 0 Å². The second kappa shape index (κ2) is 7.38. The van der Waals surface area contributed by atoms with Gasteiger partial charge in [-0.25, -0.2) is 0 Å². The van der Waals surface area contributed by atoms with Gasteiger partial charge >= 0.3 is 0 Å². The Balaban J connectivity index is 1.68. The van der Waals surface area contributed by atoms with Crippen molar-refractivity contribution in [3.05, 3.63) is 71.2 Å². The van der Waals surface area contributed by atoms with Gasteiger partial charge in [0.05, 0.1) is 22.3 Å². The number of carbonyl (C=O) groups excluding carboxylic acids is 2. The highest BCUT2D eigenvalue weighted by Gasteiger charge is 2.29. The SMILES string of the molecule is Cc1ncccc1C(=O)N1CCC[C@H](c2nc3ccccc3cc2C(N)=O)C1. The Morgan fingerprint density at radius 2 is 1.96 bits per heavy atom. The highest BCUT2D eigenvalue weighted by Crippen LogP contribution is 2.30. The van der Waals surface area contributed by atoms with Gasteiger partial charge in [-0.1, -0.05) is 18.2 Å². The molecule has 0 radical (unpaired) electrons. The average Bonchev–Trinajstić information content (AvgIpc) is 2.72. The number of aryl methyl sites for hydroxylation is 1. The summed E-state index contributed by atoms with van der Waals surface area (Å²) < 4.78 is 0. The van der Waals surface area contributed by atoms with Crippen LogP contribution < -0.4 is 5.73 Å². The number of primary amides is 1. The quantitative estimate of drug-likeness (QED) is 0.763. The van der Waals surface area contributed by atoms with Crippen molar-refractivity contribution in [2.24, 2.45) is 5.73 Å². The van der Waals surface area contributed by atoms with Crippen molar-refractivity contribution >= 4 is 22.7 Å². The van der Waals surface area contributed by atoms with E-state index in [-0.39, 0.29) is 11.8 Å². The Morgan fingerprint density at radius 1 is 1.14 bits per heavy atom. The molecule has 0 saturated carbocycles. The first-order chi connectivity index (χ1) is 13.5. The van der Waals surface area contributed by atoms with E-state index in [0.29, 0.717) is 29.9 Å². The van der Waals surface area contributed by atoms with Crippen molar-refractivity contribution < 1.29 is 9.59 Å². The molecule has 3 heterocycles. The van der Waals surface area contributed by atoms with Crippen molar-refractivity contribution in [1.82, 2.24) is 14.9 Å². The number of nitrogens with zero attached hydrogens (tertiary/aromatic N) is 3. The van der Waals surface area contributed by atoms with Crippen LogP contribution in [0, 0.1) is 6.92 Å². The largest absolute Gasteiger partial charge is 0.366 e. The maximum Gasteiger partial charge on any atom is 0.255 e. The van der Waals surface area contributed by atoms with Crippen molar-refractivity contribution in [2.75, 3.05) is 13.1 Å². The molecule has 1 aromatic carbocycles. The molecule has 2 N–H and O–H groups in total. The first-order valence-electron chi connectivity index (χ1n) is 9.45. The van der Waals surface area contributed by atoms with E-state index >= 15 is 0 Å². The number of piperidine rings is 1. The second-order valence-corrected chi connectivity index (χ2v) is 7.20. The standard InChI is InChI=1S/C22H22N4O2/c1-14-17(8-4-10-24-14)22(28)26-11-5-7-16(13-26)20-18(21(23)27)12-15-6-2-3-9-19(15)25-20/h2-4,6,8-10,12,16H,5,7,11,13H2,1H3,(H2,23,27)/t16-/m0/s1. The van der Waals surface area contributed by atoms with E-state index in [2.05, 4.69) is 4.98 Å². The first kappa shape index (κ1) is 18.1. The van der Waals surface area contributed by atoms with Crippen LogP contribution in [0.3, 0.4) is 0 Å². The summed E-state index contributed by atoms with van der Waals surface area (Å²) in [6.07, 6.45) is 3.40.